The summed E-state index contributed by atoms with van der Waals surface area (Å²) in [6, 6.07) is 6.67. The van der Waals surface area contributed by atoms with E-state index in [1.165, 1.54) is 36.1 Å². The van der Waals surface area contributed by atoms with Crippen molar-refractivity contribution in [1.82, 2.24) is 0 Å². The van der Waals surface area contributed by atoms with Gasteiger partial charge >= 0.3 is 0 Å². The standard InChI is InChI=1S/C14H21NO/c1-11(16)5-6-12-7-8-14-13(10-12)4-2-3-9-15-14/h7-8,10-11,15-16H,2-6,9H2,1H3. The molecule has 0 spiro atoms. The van der Waals surface area contributed by atoms with Gasteiger partial charge in [0.2, 0.25) is 0 Å². The van der Waals surface area contributed by atoms with Crippen LogP contribution >= 0.6 is 0 Å². The molecule has 2 N–H and O–H groups in total. The van der Waals surface area contributed by atoms with Gasteiger partial charge in [-0.1, -0.05) is 12.1 Å². The topological polar surface area (TPSA) is 32.3 Å². The molecule has 88 valence electrons. The van der Waals surface area contributed by atoms with Gasteiger partial charge in [-0.3, -0.25) is 0 Å². The maximum atomic E-state index is 9.28. The van der Waals surface area contributed by atoms with Gasteiger partial charge in [0, 0.05) is 12.2 Å². The molecule has 0 radical (unpaired) electrons. The summed E-state index contributed by atoms with van der Waals surface area (Å²) in [6.07, 6.45) is 5.36. The van der Waals surface area contributed by atoms with Crippen LogP contribution in [-0.4, -0.2) is 17.8 Å². The number of hydrogen-bond acceptors (Lipinski definition) is 2. The summed E-state index contributed by atoms with van der Waals surface area (Å²) in [7, 11) is 0. The normalized spacial score (nSPS) is 17.1. The number of rotatable bonds is 3. The van der Waals surface area contributed by atoms with Crippen molar-refractivity contribution in [2.45, 2.75) is 45.1 Å². The predicted molar refractivity (Wildman–Crippen MR) is 67.9 cm³/mol. The average Bonchev–Trinajstić information content (AvgIpc) is 2.50. The molecule has 2 heteroatoms. The molecule has 1 aromatic carbocycles. The minimum Gasteiger partial charge on any atom is -0.393 e. The Morgan fingerprint density at radius 2 is 2.25 bits per heavy atom. The summed E-state index contributed by atoms with van der Waals surface area (Å²) in [6.45, 7) is 2.95. The molecule has 1 aromatic rings. The zero-order chi connectivity index (χ0) is 11.4. The molecule has 0 aliphatic carbocycles. The van der Waals surface area contributed by atoms with Crippen LogP contribution in [0.1, 0.15) is 37.3 Å². The Balaban J connectivity index is 2.08. The molecule has 16 heavy (non-hydrogen) atoms. The van der Waals surface area contributed by atoms with Crippen LogP contribution in [0.3, 0.4) is 0 Å². The van der Waals surface area contributed by atoms with Crippen molar-refractivity contribution >= 4 is 5.69 Å². The summed E-state index contributed by atoms with van der Waals surface area (Å²) in [5.41, 5.74) is 4.10. The molecular weight excluding hydrogens is 198 g/mol. The molecule has 2 nitrogen and oxygen atoms in total. The Kier molecular flexibility index (Phi) is 3.83. The zero-order valence-corrected chi connectivity index (χ0v) is 10.00. The predicted octanol–water partition coefficient (Wildman–Crippen LogP) is 2.75. The Morgan fingerprint density at radius 1 is 1.38 bits per heavy atom. The van der Waals surface area contributed by atoms with Crippen molar-refractivity contribution in [1.29, 1.82) is 0 Å². The first-order valence-electron chi connectivity index (χ1n) is 6.29. The van der Waals surface area contributed by atoms with Gasteiger partial charge in [-0.25, -0.2) is 0 Å². The molecule has 0 fully saturated rings. The Labute approximate surface area is 97.7 Å². The quantitative estimate of drug-likeness (QED) is 0.819. The molecule has 1 heterocycles. The van der Waals surface area contributed by atoms with Crippen LogP contribution in [0.2, 0.25) is 0 Å². The third kappa shape index (κ3) is 2.99. The maximum absolute atomic E-state index is 9.28. The van der Waals surface area contributed by atoms with Gasteiger partial charge in [-0.2, -0.15) is 0 Å². The molecule has 0 saturated heterocycles. The Morgan fingerprint density at radius 3 is 3.06 bits per heavy atom. The van der Waals surface area contributed by atoms with E-state index in [9.17, 15) is 5.11 Å². The van der Waals surface area contributed by atoms with Crippen molar-refractivity contribution in [3.05, 3.63) is 29.3 Å². The number of hydrogen-bond donors (Lipinski definition) is 2. The van der Waals surface area contributed by atoms with Crippen LogP contribution in [0.15, 0.2) is 18.2 Å². The van der Waals surface area contributed by atoms with Gasteiger partial charge in [0.25, 0.3) is 0 Å². The molecule has 2 rings (SSSR count). The van der Waals surface area contributed by atoms with Crippen molar-refractivity contribution in [3.63, 3.8) is 0 Å². The Hall–Kier alpha value is -1.02. The first-order chi connectivity index (χ1) is 7.75. The van der Waals surface area contributed by atoms with Crippen molar-refractivity contribution in [2.24, 2.45) is 0 Å². The van der Waals surface area contributed by atoms with Gasteiger partial charge in [-0.15, -0.1) is 0 Å². The van der Waals surface area contributed by atoms with E-state index in [1.807, 2.05) is 6.92 Å². The number of aliphatic hydroxyl groups is 1. The minimum atomic E-state index is -0.197. The van der Waals surface area contributed by atoms with Crippen molar-refractivity contribution < 1.29 is 5.11 Å². The lowest BCUT2D eigenvalue weighted by Crippen LogP contribution is -2.03. The number of anilines is 1. The molecule has 1 aliphatic rings. The van der Waals surface area contributed by atoms with Gasteiger partial charge < -0.3 is 10.4 Å². The molecule has 1 atom stereocenters. The van der Waals surface area contributed by atoms with Gasteiger partial charge in [0.15, 0.2) is 0 Å². The monoisotopic (exact) mass is 219 g/mol. The molecule has 1 unspecified atom stereocenters. The second-order valence-electron chi connectivity index (χ2n) is 4.76. The second-order valence-corrected chi connectivity index (χ2v) is 4.76. The van der Waals surface area contributed by atoms with E-state index in [1.54, 1.807) is 0 Å². The summed E-state index contributed by atoms with van der Waals surface area (Å²) >= 11 is 0. The third-order valence-electron chi connectivity index (χ3n) is 3.21. The molecule has 0 saturated carbocycles. The molecule has 0 aromatic heterocycles. The highest BCUT2D eigenvalue weighted by Crippen LogP contribution is 2.23. The fourth-order valence-electron chi connectivity index (χ4n) is 2.22. The van der Waals surface area contributed by atoms with E-state index in [4.69, 9.17) is 0 Å². The highest BCUT2D eigenvalue weighted by Gasteiger charge is 2.08. The largest absolute Gasteiger partial charge is 0.393 e. The van der Waals surface area contributed by atoms with Crippen LogP contribution in [0.5, 0.6) is 0 Å². The molecular formula is C14H21NO. The summed E-state index contributed by atoms with van der Waals surface area (Å²) in [5.74, 6) is 0. The molecule has 0 amide bonds. The minimum absolute atomic E-state index is 0.197. The number of aryl methyl sites for hydroxylation is 2. The number of aliphatic hydroxyl groups excluding tert-OH is 1. The Bertz CT molecular complexity index is 347. The van der Waals surface area contributed by atoms with E-state index in [2.05, 4.69) is 23.5 Å². The zero-order valence-electron chi connectivity index (χ0n) is 10.00. The van der Waals surface area contributed by atoms with E-state index in [0.717, 1.165) is 19.4 Å². The number of fused-ring (bicyclic) bond motifs is 1. The van der Waals surface area contributed by atoms with Gasteiger partial charge in [-0.05, 0) is 56.2 Å². The smallest absolute Gasteiger partial charge is 0.0515 e. The molecule has 1 aliphatic heterocycles. The van der Waals surface area contributed by atoms with E-state index >= 15 is 0 Å². The number of nitrogens with one attached hydrogen (secondary N) is 1. The van der Waals surface area contributed by atoms with E-state index in [0.29, 0.717) is 0 Å². The summed E-state index contributed by atoms with van der Waals surface area (Å²) in [4.78, 5) is 0. The van der Waals surface area contributed by atoms with Crippen LogP contribution in [0.4, 0.5) is 5.69 Å². The lowest BCUT2D eigenvalue weighted by Gasteiger charge is -2.10. The van der Waals surface area contributed by atoms with Crippen LogP contribution in [0, 0.1) is 0 Å². The SMILES string of the molecule is CC(O)CCc1ccc2c(c1)CCCCN2. The van der Waals surface area contributed by atoms with E-state index in [-0.39, 0.29) is 6.10 Å². The second kappa shape index (κ2) is 5.35. The first-order valence-corrected chi connectivity index (χ1v) is 6.29. The third-order valence-corrected chi connectivity index (χ3v) is 3.21. The maximum Gasteiger partial charge on any atom is 0.0515 e. The lowest BCUT2D eigenvalue weighted by atomic mass is 10.0. The van der Waals surface area contributed by atoms with Crippen LogP contribution < -0.4 is 5.32 Å². The van der Waals surface area contributed by atoms with E-state index < -0.39 is 0 Å². The van der Waals surface area contributed by atoms with Gasteiger partial charge in [0.05, 0.1) is 6.10 Å². The highest BCUT2D eigenvalue weighted by atomic mass is 16.3. The fraction of sp³-hybridized carbons (Fsp3) is 0.571. The van der Waals surface area contributed by atoms with Crippen LogP contribution in [-0.2, 0) is 12.8 Å². The lowest BCUT2D eigenvalue weighted by molar-refractivity contribution is 0.185. The summed E-state index contributed by atoms with van der Waals surface area (Å²) < 4.78 is 0. The average molecular weight is 219 g/mol. The van der Waals surface area contributed by atoms with Gasteiger partial charge in [0.1, 0.15) is 0 Å². The summed E-state index contributed by atoms with van der Waals surface area (Å²) in [5, 5.41) is 12.8. The van der Waals surface area contributed by atoms with Crippen molar-refractivity contribution in [3.8, 4) is 0 Å². The first kappa shape index (κ1) is 11.5. The highest BCUT2D eigenvalue weighted by molar-refractivity contribution is 5.53. The molecule has 0 bridgehead atoms. The fourth-order valence-corrected chi connectivity index (χ4v) is 2.22. The van der Waals surface area contributed by atoms with Crippen LogP contribution in [0.25, 0.3) is 0 Å². The van der Waals surface area contributed by atoms with Crippen molar-refractivity contribution in [2.75, 3.05) is 11.9 Å². The number of benzene rings is 1.